The lowest BCUT2D eigenvalue weighted by molar-refractivity contribution is -0.134. The van der Waals surface area contributed by atoms with Gasteiger partial charge in [-0.05, 0) is 18.6 Å². The SMILES string of the molecule is CCCC[C@H](N)C(=O)N1CCN(Cc2ccccn2)CC1. The van der Waals surface area contributed by atoms with E-state index < -0.39 is 0 Å². The maximum absolute atomic E-state index is 12.2. The van der Waals surface area contributed by atoms with E-state index in [2.05, 4.69) is 16.8 Å². The summed E-state index contributed by atoms with van der Waals surface area (Å²) in [6.07, 6.45) is 4.72. The Bertz CT molecular complexity index is 429. The van der Waals surface area contributed by atoms with Crippen LogP contribution in [0.15, 0.2) is 24.4 Å². The molecule has 0 spiro atoms. The lowest BCUT2D eigenvalue weighted by atomic mass is 10.1. The molecule has 1 fully saturated rings. The zero-order valence-electron chi connectivity index (χ0n) is 12.9. The van der Waals surface area contributed by atoms with Crippen LogP contribution in [0.2, 0.25) is 0 Å². The summed E-state index contributed by atoms with van der Waals surface area (Å²) in [6.45, 7) is 6.29. The Balaban J connectivity index is 1.76. The van der Waals surface area contributed by atoms with Crippen LogP contribution in [-0.2, 0) is 11.3 Å². The number of nitrogens with zero attached hydrogens (tertiary/aromatic N) is 3. The molecule has 1 aliphatic heterocycles. The summed E-state index contributed by atoms with van der Waals surface area (Å²) in [5, 5.41) is 0. The minimum absolute atomic E-state index is 0.112. The zero-order valence-corrected chi connectivity index (χ0v) is 12.9. The molecule has 2 rings (SSSR count). The molecule has 0 saturated carbocycles. The van der Waals surface area contributed by atoms with Gasteiger partial charge in [0.1, 0.15) is 0 Å². The summed E-state index contributed by atoms with van der Waals surface area (Å²) in [6, 6.07) is 5.65. The highest BCUT2D eigenvalue weighted by Crippen LogP contribution is 2.09. The highest BCUT2D eigenvalue weighted by atomic mass is 16.2. The predicted octanol–water partition coefficient (Wildman–Crippen LogP) is 1.24. The molecule has 5 nitrogen and oxygen atoms in total. The average Bonchev–Trinajstić information content (AvgIpc) is 2.53. The second kappa shape index (κ2) is 8.10. The molecule has 1 saturated heterocycles. The van der Waals surface area contributed by atoms with Crippen LogP contribution in [0.25, 0.3) is 0 Å². The first-order valence-corrected chi connectivity index (χ1v) is 7.87. The van der Waals surface area contributed by atoms with Gasteiger partial charge in [-0.3, -0.25) is 14.7 Å². The molecule has 5 heteroatoms. The minimum atomic E-state index is -0.327. The molecule has 1 amide bonds. The normalized spacial score (nSPS) is 17.7. The molecule has 0 radical (unpaired) electrons. The van der Waals surface area contributed by atoms with Crippen LogP contribution in [0.1, 0.15) is 31.9 Å². The van der Waals surface area contributed by atoms with Crippen molar-refractivity contribution in [3.8, 4) is 0 Å². The van der Waals surface area contributed by atoms with Crippen molar-refractivity contribution in [3.63, 3.8) is 0 Å². The van der Waals surface area contributed by atoms with E-state index in [1.165, 1.54) is 0 Å². The number of amides is 1. The largest absolute Gasteiger partial charge is 0.339 e. The van der Waals surface area contributed by atoms with Crippen LogP contribution in [-0.4, -0.2) is 52.9 Å². The maximum atomic E-state index is 12.2. The predicted molar refractivity (Wildman–Crippen MR) is 83.6 cm³/mol. The van der Waals surface area contributed by atoms with Crippen LogP contribution in [0.4, 0.5) is 0 Å². The van der Waals surface area contributed by atoms with E-state index in [0.29, 0.717) is 0 Å². The highest BCUT2D eigenvalue weighted by Gasteiger charge is 2.24. The summed E-state index contributed by atoms with van der Waals surface area (Å²) in [7, 11) is 0. The number of rotatable bonds is 6. The van der Waals surface area contributed by atoms with Crippen molar-refractivity contribution in [3.05, 3.63) is 30.1 Å². The number of aromatic nitrogens is 1. The monoisotopic (exact) mass is 290 g/mol. The van der Waals surface area contributed by atoms with Gasteiger partial charge < -0.3 is 10.6 Å². The number of hydrogen-bond donors (Lipinski definition) is 1. The number of nitrogens with two attached hydrogens (primary N) is 1. The van der Waals surface area contributed by atoms with Gasteiger partial charge in [-0.25, -0.2) is 0 Å². The third-order valence-electron chi connectivity index (χ3n) is 3.98. The van der Waals surface area contributed by atoms with Crippen molar-refractivity contribution < 1.29 is 4.79 Å². The molecule has 2 N–H and O–H groups in total. The fourth-order valence-corrected chi connectivity index (χ4v) is 2.63. The van der Waals surface area contributed by atoms with E-state index in [1.807, 2.05) is 29.3 Å². The smallest absolute Gasteiger partial charge is 0.239 e. The molecule has 2 heterocycles. The van der Waals surface area contributed by atoms with E-state index >= 15 is 0 Å². The van der Waals surface area contributed by atoms with Crippen molar-refractivity contribution in [1.29, 1.82) is 0 Å². The van der Waals surface area contributed by atoms with Crippen LogP contribution < -0.4 is 5.73 Å². The molecule has 1 aliphatic rings. The Kier molecular flexibility index (Phi) is 6.14. The van der Waals surface area contributed by atoms with Crippen LogP contribution in [0, 0.1) is 0 Å². The van der Waals surface area contributed by atoms with Gasteiger partial charge in [0.25, 0.3) is 0 Å². The number of piperazine rings is 1. The summed E-state index contributed by atoms with van der Waals surface area (Å²) in [5.41, 5.74) is 7.06. The molecule has 0 bridgehead atoms. The number of carbonyl (C=O) groups excluding carboxylic acids is 1. The second-order valence-corrected chi connectivity index (χ2v) is 5.67. The topological polar surface area (TPSA) is 62.5 Å². The summed E-state index contributed by atoms with van der Waals surface area (Å²) >= 11 is 0. The molecule has 21 heavy (non-hydrogen) atoms. The molecule has 0 unspecified atom stereocenters. The quantitative estimate of drug-likeness (QED) is 0.856. The summed E-state index contributed by atoms with van der Waals surface area (Å²) < 4.78 is 0. The van der Waals surface area contributed by atoms with Gasteiger partial charge in [0, 0.05) is 38.9 Å². The highest BCUT2D eigenvalue weighted by molar-refractivity contribution is 5.81. The fourth-order valence-electron chi connectivity index (χ4n) is 2.63. The average molecular weight is 290 g/mol. The van der Waals surface area contributed by atoms with E-state index in [0.717, 1.165) is 57.7 Å². The first-order chi connectivity index (χ1) is 10.2. The van der Waals surface area contributed by atoms with Gasteiger partial charge in [0.15, 0.2) is 0 Å². The van der Waals surface area contributed by atoms with Crippen molar-refractivity contribution >= 4 is 5.91 Å². The number of carbonyl (C=O) groups is 1. The van der Waals surface area contributed by atoms with Gasteiger partial charge in [-0.2, -0.15) is 0 Å². The standard InChI is InChI=1S/C16H26N4O/c1-2-3-7-15(17)16(21)20-11-9-19(10-12-20)13-14-6-4-5-8-18-14/h4-6,8,15H,2-3,7,9-13,17H2,1H3/t15-/m0/s1. The van der Waals surface area contributed by atoms with Gasteiger partial charge in [0.05, 0.1) is 11.7 Å². The van der Waals surface area contributed by atoms with Gasteiger partial charge in [-0.1, -0.05) is 25.8 Å². The molecule has 0 aliphatic carbocycles. The Morgan fingerprint density at radius 3 is 2.71 bits per heavy atom. The Labute approximate surface area is 127 Å². The van der Waals surface area contributed by atoms with E-state index in [4.69, 9.17) is 5.73 Å². The third-order valence-corrected chi connectivity index (χ3v) is 3.98. The maximum Gasteiger partial charge on any atom is 0.239 e. The van der Waals surface area contributed by atoms with E-state index in [-0.39, 0.29) is 11.9 Å². The number of pyridine rings is 1. The van der Waals surface area contributed by atoms with Gasteiger partial charge >= 0.3 is 0 Å². The van der Waals surface area contributed by atoms with E-state index in [9.17, 15) is 4.79 Å². The van der Waals surface area contributed by atoms with Crippen molar-refractivity contribution in [2.45, 2.75) is 38.8 Å². The fraction of sp³-hybridized carbons (Fsp3) is 0.625. The van der Waals surface area contributed by atoms with Crippen molar-refractivity contribution in [2.75, 3.05) is 26.2 Å². The number of unbranched alkanes of at least 4 members (excludes halogenated alkanes) is 1. The van der Waals surface area contributed by atoms with Gasteiger partial charge in [0.2, 0.25) is 5.91 Å². The Morgan fingerprint density at radius 2 is 2.10 bits per heavy atom. The molecule has 0 aromatic carbocycles. The van der Waals surface area contributed by atoms with Crippen LogP contribution in [0.3, 0.4) is 0 Å². The molecule has 1 aromatic heterocycles. The summed E-state index contributed by atoms with van der Waals surface area (Å²) in [4.78, 5) is 20.8. The molecule has 116 valence electrons. The first kappa shape index (κ1) is 15.9. The lowest BCUT2D eigenvalue weighted by Gasteiger charge is -2.35. The minimum Gasteiger partial charge on any atom is -0.339 e. The van der Waals surface area contributed by atoms with Crippen LogP contribution >= 0.6 is 0 Å². The van der Waals surface area contributed by atoms with Crippen molar-refractivity contribution in [1.82, 2.24) is 14.8 Å². The third kappa shape index (κ3) is 4.79. The molecular weight excluding hydrogens is 264 g/mol. The molecule has 1 atom stereocenters. The van der Waals surface area contributed by atoms with E-state index in [1.54, 1.807) is 0 Å². The number of hydrogen-bond acceptors (Lipinski definition) is 4. The second-order valence-electron chi connectivity index (χ2n) is 5.67. The first-order valence-electron chi connectivity index (χ1n) is 7.87. The molecule has 1 aromatic rings. The van der Waals surface area contributed by atoms with Crippen LogP contribution in [0.5, 0.6) is 0 Å². The van der Waals surface area contributed by atoms with Gasteiger partial charge in [-0.15, -0.1) is 0 Å². The molecular formula is C16H26N4O. The zero-order chi connectivity index (χ0) is 15.1. The Morgan fingerprint density at radius 1 is 1.33 bits per heavy atom. The lowest BCUT2D eigenvalue weighted by Crippen LogP contribution is -2.52. The summed E-state index contributed by atoms with van der Waals surface area (Å²) in [5.74, 6) is 0.112. The Hall–Kier alpha value is -1.46. The van der Waals surface area contributed by atoms with Crippen molar-refractivity contribution in [2.24, 2.45) is 5.73 Å².